The summed E-state index contributed by atoms with van der Waals surface area (Å²) in [5, 5.41) is 9.20. The first kappa shape index (κ1) is 37.6. The first-order valence-electron chi connectivity index (χ1n) is 14.6. The Balaban J connectivity index is 2.13. The van der Waals surface area contributed by atoms with Gasteiger partial charge in [0.05, 0.1) is 18.6 Å². The maximum absolute atomic E-state index is 13.8. The molecule has 0 spiro atoms. The Morgan fingerprint density at radius 1 is 1.20 bits per heavy atom. The molecule has 252 valence electrons. The van der Waals surface area contributed by atoms with Crippen molar-refractivity contribution >= 4 is 22.0 Å². The fraction of sp³-hybridized carbons (Fsp3) is 0.533. The zero-order valence-electron chi connectivity index (χ0n) is 27.0. The van der Waals surface area contributed by atoms with Gasteiger partial charge in [0.1, 0.15) is 18.4 Å². The quantitative estimate of drug-likeness (QED) is 0.266. The molecule has 1 unspecified atom stereocenters. The largest absolute Gasteiger partial charge is 0.384 e. The molecule has 46 heavy (non-hydrogen) atoms. The molecule has 0 bridgehead atoms. The summed E-state index contributed by atoms with van der Waals surface area (Å²) in [7, 11) is -2.12. The number of carbonyl (C=O) groups excluding carboxylic acids is 1. The zero-order valence-corrected chi connectivity index (χ0v) is 28.8. The van der Waals surface area contributed by atoms with Gasteiger partial charge in [-0.05, 0) is 52.3 Å². The first-order chi connectivity index (χ1) is 21.7. The molecule has 1 fully saturated rings. The predicted octanol–water partition coefficient (Wildman–Crippen LogP) is 4.26. The zero-order chi connectivity index (χ0) is 34.2. The van der Waals surface area contributed by atoms with Gasteiger partial charge in [0.2, 0.25) is 0 Å². The van der Waals surface area contributed by atoms with Crippen molar-refractivity contribution in [3.8, 4) is 6.07 Å². The number of benzene rings is 1. The molecule has 0 aliphatic carbocycles. The van der Waals surface area contributed by atoms with E-state index < -0.39 is 63.2 Å². The summed E-state index contributed by atoms with van der Waals surface area (Å²) in [5.41, 5.74) is -2.29. The molecule has 14 nitrogen and oxygen atoms in total. The maximum atomic E-state index is 13.8. The Labute approximate surface area is 269 Å². The summed E-state index contributed by atoms with van der Waals surface area (Å²) in [6.07, 6.45) is 0.152. The lowest BCUT2D eigenvalue weighted by Gasteiger charge is -2.43. The summed E-state index contributed by atoms with van der Waals surface area (Å²) in [6, 6.07) is 10.9. The monoisotopic (exact) mass is 680 g/mol. The highest BCUT2D eigenvalue weighted by Crippen LogP contribution is 2.52. The number of nitrogens with zero attached hydrogens (tertiary/aromatic N) is 4. The molecular weight excluding hydrogens is 638 g/mol. The van der Waals surface area contributed by atoms with Crippen molar-refractivity contribution in [1.29, 1.82) is 5.26 Å². The van der Waals surface area contributed by atoms with Crippen molar-refractivity contribution in [1.82, 2.24) is 13.8 Å². The Morgan fingerprint density at radius 3 is 2.41 bits per heavy atom. The number of carbonyl (C=O) groups is 1. The Kier molecular flexibility index (Phi) is 13.4. The van der Waals surface area contributed by atoms with Crippen molar-refractivity contribution in [2.75, 3.05) is 27.9 Å². The fourth-order valence-corrected chi connectivity index (χ4v) is 7.74. The van der Waals surface area contributed by atoms with Gasteiger partial charge in [-0.25, -0.2) is 9.46 Å². The number of hydrogen-bond acceptors (Lipinski definition) is 12. The smallest absolute Gasteiger partial charge is 0.353 e. The Hall–Kier alpha value is -2.82. The van der Waals surface area contributed by atoms with Crippen molar-refractivity contribution in [3.63, 3.8) is 0 Å². The average Bonchev–Trinajstić information content (AvgIpc) is 3.35. The van der Waals surface area contributed by atoms with E-state index in [0.717, 1.165) is 10.6 Å². The molecular formula is C30H42N4O10P2. The van der Waals surface area contributed by atoms with Gasteiger partial charge in [0.15, 0.2) is 0 Å². The molecule has 16 heteroatoms. The van der Waals surface area contributed by atoms with E-state index in [1.54, 1.807) is 22.9 Å². The molecule has 3 rings (SSSR count). The van der Waals surface area contributed by atoms with E-state index in [1.807, 2.05) is 27.7 Å². The molecule has 1 aromatic heterocycles. The Morgan fingerprint density at radius 2 is 1.85 bits per heavy atom. The van der Waals surface area contributed by atoms with E-state index in [4.69, 9.17) is 23.0 Å². The van der Waals surface area contributed by atoms with Crippen LogP contribution in [0.25, 0.3) is 0 Å². The lowest BCUT2D eigenvalue weighted by Crippen LogP contribution is -2.46. The van der Waals surface area contributed by atoms with Crippen LogP contribution in [0.15, 0.2) is 64.1 Å². The minimum Gasteiger partial charge on any atom is -0.384 e. The minimum atomic E-state index is -3.67. The van der Waals surface area contributed by atoms with Crippen LogP contribution in [0.4, 0.5) is 0 Å². The summed E-state index contributed by atoms with van der Waals surface area (Å²) in [4.78, 5) is 51.4. The van der Waals surface area contributed by atoms with Crippen LogP contribution < -0.4 is 11.2 Å². The number of ether oxygens (including phenoxy) is 2. The van der Waals surface area contributed by atoms with Crippen molar-refractivity contribution in [3.05, 3.63) is 80.9 Å². The SMILES string of the molecule is COC[C@@H]1[C@H](OP(O)N(C(C)C)C(C)(C)CCC#N)[C@@H](/C=C/P(=O)(OC)OC)O[C@H]1n1ccc(=O)n(C(=O)c2ccccc2)c1=O. The molecule has 1 saturated heterocycles. The lowest BCUT2D eigenvalue weighted by molar-refractivity contribution is -0.0136. The molecule has 0 saturated carbocycles. The van der Waals surface area contributed by atoms with Crippen LogP contribution in [0, 0.1) is 17.2 Å². The van der Waals surface area contributed by atoms with E-state index in [2.05, 4.69) is 6.07 Å². The van der Waals surface area contributed by atoms with Gasteiger partial charge in [-0.2, -0.15) is 9.83 Å². The highest BCUT2D eigenvalue weighted by atomic mass is 31.2. The van der Waals surface area contributed by atoms with Gasteiger partial charge >= 0.3 is 13.3 Å². The standard InChI is InChI=1S/C30H42N4O10P2/c1-21(2)34(30(3,4)16-11-17-31)45(38)44-26-23(20-40-5)28(43-24(26)15-19-46(39,41-6)42-7)32-18-14-25(35)33(29(32)37)27(36)22-12-9-8-10-13-22/h8-10,12-15,18-19,21,23-24,26,28,38H,11,16,20H2,1-7H3/b19-15+/t23-,24-,26+,28-,45?/m1/s1. The molecule has 2 aromatic rings. The van der Waals surface area contributed by atoms with Gasteiger partial charge < -0.3 is 27.9 Å². The van der Waals surface area contributed by atoms with E-state index >= 15 is 0 Å². The molecule has 0 radical (unpaired) electrons. The number of methoxy groups -OCH3 is 1. The molecule has 5 atom stereocenters. The van der Waals surface area contributed by atoms with Crippen molar-refractivity contribution < 1.29 is 37.3 Å². The van der Waals surface area contributed by atoms with Gasteiger partial charge in [0, 0.05) is 63.0 Å². The summed E-state index contributed by atoms with van der Waals surface area (Å²) in [6.45, 7) is 7.54. The van der Waals surface area contributed by atoms with E-state index in [-0.39, 0.29) is 24.6 Å². The Bertz CT molecular complexity index is 1560. The van der Waals surface area contributed by atoms with Crippen LogP contribution in [0.2, 0.25) is 0 Å². The van der Waals surface area contributed by atoms with Gasteiger partial charge in [-0.3, -0.25) is 18.7 Å². The topological polar surface area (TPSA) is 172 Å². The van der Waals surface area contributed by atoms with Crippen LogP contribution in [-0.4, -0.2) is 76.3 Å². The molecule has 1 aliphatic heterocycles. The van der Waals surface area contributed by atoms with Crippen molar-refractivity contribution in [2.45, 2.75) is 70.6 Å². The highest BCUT2D eigenvalue weighted by molar-refractivity contribution is 7.57. The molecule has 2 heterocycles. The number of nitriles is 1. The third-order valence-corrected chi connectivity index (χ3v) is 11.0. The summed E-state index contributed by atoms with van der Waals surface area (Å²) in [5.74, 6) is -0.407. The molecule has 1 aliphatic rings. The van der Waals surface area contributed by atoms with Crippen LogP contribution >= 0.6 is 16.1 Å². The molecule has 1 aromatic carbocycles. The van der Waals surface area contributed by atoms with Crippen LogP contribution in [0.5, 0.6) is 0 Å². The third kappa shape index (κ3) is 8.55. The minimum absolute atomic E-state index is 0.0350. The first-order valence-corrected chi connectivity index (χ1v) is 17.3. The van der Waals surface area contributed by atoms with Crippen LogP contribution in [-0.2, 0) is 27.6 Å². The second-order valence-corrected chi connectivity index (χ2v) is 14.7. The highest BCUT2D eigenvalue weighted by Gasteiger charge is 2.49. The number of rotatable bonds is 15. The molecule has 1 N–H and O–H groups in total. The van der Waals surface area contributed by atoms with Crippen LogP contribution in [0.3, 0.4) is 0 Å². The summed E-state index contributed by atoms with van der Waals surface area (Å²) < 4.78 is 44.5. The third-order valence-electron chi connectivity index (χ3n) is 7.60. The van der Waals surface area contributed by atoms with Gasteiger partial charge in [-0.15, -0.1) is 0 Å². The summed E-state index contributed by atoms with van der Waals surface area (Å²) >= 11 is 0. The van der Waals surface area contributed by atoms with E-state index in [1.165, 1.54) is 51.6 Å². The van der Waals surface area contributed by atoms with Gasteiger partial charge in [0.25, 0.3) is 20.0 Å². The molecule has 0 amide bonds. The van der Waals surface area contributed by atoms with E-state index in [0.29, 0.717) is 11.0 Å². The second kappa shape index (κ2) is 16.3. The average molecular weight is 681 g/mol. The second-order valence-electron chi connectivity index (χ2n) is 11.4. The van der Waals surface area contributed by atoms with Crippen molar-refractivity contribution in [2.24, 2.45) is 5.92 Å². The predicted molar refractivity (Wildman–Crippen MR) is 171 cm³/mol. The van der Waals surface area contributed by atoms with E-state index in [9.17, 15) is 29.1 Å². The van der Waals surface area contributed by atoms with Gasteiger partial charge in [-0.1, -0.05) is 18.2 Å². The normalized spacial score (nSPS) is 21.2. The maximum Gasteiger partial charge on any atom is 0.353 e. The number of aromatic nitrogens is 2. The number of hydrogen-bond donors (Lipinski definition) is 1. The fourth-order valence-electron chi connectivity index (χ4n) is 5.41. The lowest BCUT2D eigenvalue weighted by atomic mass is 9.98. The van der Waals surface area contributed by atoms with Crippen LogP contribution in [0.1, 0.15) is 57.1 Å².